The normalized spacial score (nSPS) is 17.4. The van der Waals surface area contributed by atoms with Gasteiger partial charge in [0, 0.05) is 18.7 Å². The van der Waals surface area contributed by atoms with Gasteiger partial charge in [0.05, 0.1) is 5.69 Å². The van der Waals surface area contributed by atoms with Gasteiger partial charge in [0.2, 0.25) is 0 Å². The van der Waals surface area contributed by atoms with Crippen LogP contribution < -0.4 is 4.72 Å². The number of hydrogen-bond donors (Lipinski definition) is 1. The SMILES string of the molecule is C#Cc1cccc(NS(=O)(=O)N2CCCCCC2)c1. The number of benzene rings is 1. The van der Waals surface area contributed by atoms with Crippen molar-refractivity contribution in [1.82, 2.24) is 4.31 Å². The summed E-state index contributed by atoms with van der Waals surface area (Å²) in [4.78, 5) is 0. The molecular weight excluding hydrogens is 260 g/mol. The first kappa shape index (κ1) is 13.9. The van der Waals surface area contributed by atoms with E-state index in [4.69, 9.17) is 6.42 Å². The summed E-state index contributed by atoms with van der Waals surface area (Å²) in [6, 6.07) is 6.88. The van der Waals surface area contributed by atoms with Crippen LogP contribution in [0, 0.1) is 12.3 Å². The van der Waals surface area contributed by atoms with Crippen LogP contribution in [0.2, 0.25) is 0 Å². The molecule has 0 aliphatic carbocycles. The fourth-order valence-electron chi connectivity index (χ4n) is 2.17. The predicted octanol–water partition coefficient (Wildman–Crippen LogP) is 2.20. The van der Waals surface area contributed by atoms with Crippen LogP contribution in [-0.4, -0.2) is 25.8 Å². The van der Waals surface area contributed by atoms with E-state index in [0.717, 1.165) is 25.7 Å². The molecule has 0 bridgehead atoms. The van der Waals surface area contributed by atoms with Crippen LogP contribution in [-0.2, 0) is 10.2 Å². The molecule has 0 spiro atoms. The first-order valence-corrected chi connectivity index (χ1v) is 7.90. The lowest BCUT2D eigenvalue weighted by Crippen LogP contribution is -2.36. The van der Waals surface area contributed by atoms with Crippen molar-refractivity contribution < 1.29 is 8.42 Å². The van der Waals surface area contributed by atoms with Gasteiger partial charge in [0.1, 0.15) is 0 Å². The molecule has 0 saturated carbocycles. The lowest BCUT2D eigenvalue weighted by Gasteiger charge is -2.20. The lowest BCUT2D eigenvalue weighted by molar-refractivity contribution is 0.427. The summed E-state index contributed by atoms with van der Waals surface area (Å²) in [6.07, 6.45) is 9.34. The Kier molecular flexibility index (Phi) is 4.46. The molecule has 0 amide bonds. The standard InChI is InChI=1S/C14H18N2O2S/c1-2-13-8-7-9-14(12-13)15-19(17,18)16-10-5-3-4-6-11-16/h1,7-9,12,15H,3-6,10-11H2. The van der Waals surface area contributed by atoms with Crippen molar-refractivity contribution in [3.63, 3.8) is 0 Å². The van der Waals surface area contributed by atoms with Crippen LogP contribution in [0.15, 0.2) is 24.3 Å². The molecule has 1 N–H and O–H groups in total. The van der Waals surface area contributed by atoms with E-state index >= 15 is 0 Å². The second-order valence-corrected chi connectivity index (χ2v) is 6.32. The lowest BCUT2D eigenvalue weighted by atomic mass is 10.2. The van der Waals surface area contributed by atoms with Gasteiger partial charge in [0.25, 0.3) is 0 Å². The Balaban J connectivity index is 2.13. The Labute approximate surface area is 115 Å². The molecule has 1 aromatic carbocycles. The minimum atomic E-state index is -3.47. The van der Waals surface area contributed by atoms with Gasteiger partial charge in [-0.25, -0.2) is 0 Å². The summed E-state index contributed by atoms with van der Waals surface area (Å²) >= 11 is 0. The third-order valence-corrected chi connectivity index (χ3v) is 4.72. The molecule has 1 fully saturated rings. The number of hydrogen-bond acceptors (Lipinski definition) is 2. The van der Waals surface area contributed by atoms with Gasteiger partial charge in [-0.05, 0) is 31.0 Å². The zero-order valence-corrected chi connectivity index (χ0v) is 11.6. The molecule has 1 aromatic rings. The number of anilines is 1. The molecule has 2 rings (SSSR count). The molecule has 4 nitrogen and oxygen atoms in total. The molecule has 1 aliphatic heterocycles. The molecule has 1 saturated heterocycles. The highest BCUT2D eigenvalue weighted by Gasteiger charge is 2.22. The van der Waals surface area contributed by atoms with E-state index in [1.807, 2.05) is 0 Å². The zero-order valence-electron chi connectivity index (χ0n) is 10.8. The van der Waals surface area contributed by atoms with Crippen molar-refractivity contribution in [2.24, 2.45) is 0 Å². The van der Waals surface area contributed by atoms with E-state index in [9.17, 15) is 8.42 Å². The van der Waals surface area contributed by atoms with Crippen LogP contribution in [0.5, 0.6) is 0 Å². The van der Waals surface area contributed by atoms with Gasteiger partial charge in [-0.3, -0.25) is 4.72 Å². The molecule has 0 unspecified atom stereocenters. The first-order valence-electron chi connectivity index (χ1n) is 6.46. The molecule has 102 valence electrons. The molecule has 1 heterocycles. The second kappa shape index (κ2) is 6.09. The molecule has 0 atom stereocenters. The monoisotopic (exact) mass is 278 g/mol. The highest BCUT2D eigenvalue weighted by Crippen LogP contribution is 2.17. The predicted molar refractivity (Wildman–Crippen MR) is 77.0 cm³/mol. The number of rotatable bonds is 3. The largest absolute Gasteiger partial charge is 0.301 e. The van der Waals surface area contributed by atoms with Gasteiger partial charge in [0.15, 0.2) is 0 Å². The maximum atomic E-state index is 12.3. The average molecular weight is 278 g/mol. The highest BCUT2D eigenvalue weighted by molar-refractivity contribution is 7.90. The minimum Gasteiger partial charge on any atom is -0.271 e. The van der Waals surface area contributed by atoms with Crippen molar-refractivity contribution in [2.45, 2.75) is 25.7 Å². The quantitative estimate of drug-likeness (QED) is 0.862. The summed E-state index contributed by atoms with van der Waals surface area (Å²) in [6.45, 7) is 1.17. The topological polar surface area (TPSA) is 49.4 Å². The fraction of sp³-hybridized carbons (Fsp3) is 0.429. The number of nitrogens with one attached hydrogen (secondary N) is 1. The maximum absolute atomic E-state index is 12.3. The van der Waals surface area contributed by atoms with Gasteiger partial charge in [-0.1, -0.05) is 24.8 Å². The van der Waals surface area contributed by atoms with Crippen molar-refractivity contribution >= 4 is 15.9 Å². The molecular formula is C14H18N2O2S. The Morgan fingerprint density at radius 3 is 2.47 bits per heavy atom. The fourth-order valence-corrected chi connectivity index (χ4v) is 3.46. The van der Waals surface area contributed by atoms with E-state index in [1.54, 1.807) is 24.3 Å². The third kappa shape index (κ3) is 3.72. The van der Waals surface area contributed by atoms with Gasteiger partial charge < -0.3 is 0 Å². The van der Waals surface area contributed by atoms with Crippen LogP contribution in [0.1, 0.15) is 31.2 Å². The van der Waals surface area contributed by atoms with E-state index in [1.165, 1.54) is 4.31 Å². The van der Waals surface area contributed by atoms with Crippen molar-refractivity contribution in [3.8, 4) is 12.3 Å². The smallest absolute Gasteiger partial charge is 0.271 e. The van der Waals surface area contributed by atoms with Crippen molar-refractivity contribution in [3.05, 3.63) is 29.8 Å². The van der Waals surface area contributed by atoms with Gasteiger partial charge >= 0.3 is 10.2 Å². The zero-order chi connectivity index (χ0) is 13.7. The summed E-state index contributed by atoms with van der Waals surface area (Å²) < 4.78 is 28.7. The molecule has 5 heteroatoms. The van der Waals surface area contributed by atoms with Crippen LogP contribution in [0.4, 0.5) is 5.69 Å². The maximum Gasteiger partial charge on any atom is 0.301 e. The Morgan fingerprint density at radius 1 is 1.16 bits per heavy atom. The third-order valence-electron chi connectivity index (χ3n) is 3.18. The van der Waals surface area contributed by atoms with E-state index in [2.05, 4.69) is 10.6 Å². The minimum absolute atomic E-state index is 0.514. The number of terminal acetylenes is 1. The number of nitrogens with zero attached hydrogens (tertiary/aromatic N) is 1. The van der Waals surface area contributed by atoms with Crippen molar-refractivity contribution in [2.75, 3.05) is 17.8 Å². The van der Waals surface area contributed by atoms with Gasteiger partial charge in [-0.15, -0.1) is 6.42 Å². The van der Waals surface area contributed by atoms with Gasteiger partial charge in [-0.2, -0.15) is 12.7 Å². The Morgan fingerprint density at radius 2 is 1.84 bits per heavy atom. The molecule has 19 heavy (non-hydrogen) atoms. The summed E-state index contributed by atoms with van der Waals surface area (Å²) in [7, 11) is -3.47. The molecule has 0 aromatic heterocycles. The molecule has 0 radical (unpaired) electrons. The van der Waals surface area contributed by atoms with Crippen LogP contribution in [0.25, 0.3) is 0 Å². The summed E-state index contributed by atoms with van der Waals surface area (Å²) in [5.41, 5.74) is 1.18. The summed E-state index contributed by atoms with van der Waals surface area (Å²) in [5, 5.41) is 0. The highest BCUT2D eigenvalue weighted by atomic mass is 32.2. The van der Waals surface area contributed by atoms with Crippen LogP contribution >= 0.6 is 0 Å². The molecule has 1 aliphatic rings. The van der Waals surface area contributed by atoms with E-state index in [-0.39, 0.29) is 0 Å². The van der Waals surface area contributed by atoms with Crippen molar-refractivity contribution in [1.29, 1.82) is 0 Å². The van der Waals surface area contributed by atoms with E-state index < -0.39 is 10.2 Å². The van der Waals surface area contributed by atoms with Crippen LogP contribution in [0.3, 0.4) is 0 Å². The Bertz CT molecular complexity index is 567. The summed E-state index contributed by atoms with van der Waals surface area (Å²) in [5.74, 6) is 2.49. The Hall–Kier alpha value is -1.51. The van der Waals surface area contributed by atoms with E-state index in [0.29, 0.717) is 24.3 Å². The average Bonchev–Trinajstić information content (AvgIpc) is 2.68. The first-order chi connectivity index (χ1) is 9.12. The second-order valence-electron chi connectivity index (χ2n) is 4.65.